The van der Waals surface area contributed by atoms with Gasteiger partial charge in [-0.2, -0.15) is 13.2 Å². The highest BCUT2D eigenvalue weighted by molar-refractivity contribution is 7.89. The van der Waals surface area contributed by atoms with E-state index in [1.807, 2.05) is 0 Å². The number of sulfonamides is 1. The van der Waals surface area contributed by atoms with Gasteiger partial charge in [0.2, 0.25) is 10.0 Å². The minimum Gasteiger partial charge on any atom is -0.258 e. The molecular weight excluding hydrogens is 349 g/mol. The summed E-state index contributed by atoms with van der Waals surface area (Å²) >= 11 is 0. The number of nitrogens with one attached hydrogen (secondary N) is 1. The second-order valence-corrected chi connectivity index (χ2v) is 6.54. The summed E-state index contributed by atoms with van der Waals surface area (Å²) in [5, 5.41) is 10.7. The monoisotopic (exact) mass is 360 g/mol. The summed E-state index contributed by atoms with van der Waals surface area (Å²) in [6.45, 7) is -0.380. The second-order valence-electron chi connectivity index (χ2n) is 4.78. The Morgan fingerprint density at radius 2 is 1.75 bits per heavy atom. The number of halogens is 3. The fourth-order valence-electron chi connectivity index (χ4n) is 1.88. The molecule has 0 aliphatic carbocycles. The van der Waals surface area contributed by atoms with Crippen LogP contribution in [-0.4, -0.2) is 13.3 Å². The van der Waals surface area contributed by atoms with Gasteiger partial charge in [0, 0.05) is 18.7 Å². The van der Waals surface area contributed by atoms with E-state index in [9.17, 15) is 31.7 Å². The number of benzene rings is 2. The molecule has 1 N–H and O–H groups in total. The maximum absolute atomic E-state index is 12.6. The zero-order valence-electron chi connectivity index (χ0n) is 11.9. The topological polar surface area (TPSA) is 89.3 Å². The van der Waals surface area contributed by atoms with Crippen LogP contribution in [0, 0.1) is 10.1 Å². The second kappa shape index (κ2) is 6.57. The van der Waals surface area contributed by atoms with E-state index < -0.39 is 32.4 Å². The van der Waals surface area contributed by atoms with Gasteiger partial charge in [-0.3, -0.25) is 10.1 Å². The molecule has 2 rings (SSSR count). The molecule has 0 spiro atoms. The van der Waals surface area contributed by atoms with E-state index in [0.717, 1.165) is 30.3 Å². The first-order valence-corrected chi connectivity index (χ1v) is 7.98. The highest BCUT2D eigenvalue weighted by Crippen LogP contribution is 2.29. The number of nitro benzene ring substituents is 1. The van der Waals surface area contributed by atoms with Crippen LogP contribution in [0.4, 0.5) is 18.9 Å². The van der Waals surface area contributed by atoms with Crippen LogP contribution in [0.3, 0.4) is 0 Å². The maximum atomic E-state index is 12.6. The van der Waals surface area contributed by atoms with Crippen LogP contribution < -0.4 is 4.72 Å². The first kappa shape index (κ1) is 17.9. The molecule has 24 heavy (non-hydrogen) atoms. The molecule has 0 saturated carbocycles. The van der Waals surface area contributed by atoms with E-state index in [1.165, 1.54) is 18.2 Å². The van der Waals surface area contributed by atoms with Crippen molar-refractivity contribution in [3.05, 3.63) is 69.8 Å². The number of nitrogens with zero attached hydrogens (tertiary/aromatic N) is 1. The van der Waals surface area contributed by atoms with Gasteiger partial charge in [0.1, 0.15) is 0 Å². The van der Waals surface area contributed by atoms with Gasteiger partial charge < -0.3 is 0 Å². The van der Waals surface area contributed by atoms with Crippen LogP contribution in [0.1, 0.15) is 11.1 Å². The third-order valence-corrected chi connectivity index (χ3v) is 4.46. The molecule has 0 heterocycles. The molecule has 0 aliphatic heterocycles. The largest absolute Gasteiger partial charge is 0.416 e. The van der Waals surface area contributed by atoms with Crippen LogP contribution in [0.15, 0.2) is 53.4 Å². The molecule has 0 aliphatic rings. The first-order chi connectivity index (χ1) is 11.1. The van der Waals surface area contributed by atoms with E-state index in [0.29, 0.717) is 0 Å². The summed E-state index contributed by atoms with van der Waals surface area (Å²) in [5.74, 6) is 0. The smallest absolute Gasteiger partial charge is 0.258 e. The van der Waals surface area contributed by atoms with Crippen LogP contribution in [-0.2, 0) is 22.7 Å². The molecule has 6 nitrogen and oxygen atoms in total. The fraction of sp³-hybridized carbons (Fsp3) is 0.143. The molecule has 128 valence electrons. The highest BCUT2D eigenvalue weighted by atomic mass is 32.2. The third kappa shape index (κ3) is 4.30. The Morgan fingerprint density at radius 1 is 1.08 bits per heavy atom. The Kier molecular flexibility index (Phi) is 4.90. The Bertz CT molecular complexity index is 866. The van der Waals surface area contributed by atoms with Crippen molar-refractivity contribution in [3.63, 3.8) is 0 Å². The summed E-state index contributed by atoms with van der Waals surface area (Å²) in [5.41, 5.74) is -1.19. The fourth-order valence-corrected chi connectivity index (χ4v) is 2.94. The summed E-state index contributed by atoms with van der Waals surface area (Å²) in [4.78, 5) is 9.59. The lowest BCUT2D eigenvalue weighted by molar-refractivity contribution is -0.385. The van der Waals surface area contributed by atoms with E-state index in [2.05, 4.69) is 4.72 Å². The van der Waals surface area contributed by atoms with Crippen molar-refractivity contribution in [2.24, 2.45) is 0 Å². The molecule has 0 aromatic heterocycles. The lowest BCUT2D eigenvalue weighted by Gasteiger charge is -2.10. The predicted octanol–water partition coefficient (Wildman–Crippen LogP) is 3.09. The van der Waals surface area contributed by atoms with Gasteiger partial charge in [-0.1, -0.05) is 24.3 Å². The zero-order valence-corrected chi connectivity index (χ0v) is 12.8. The van der Waals surface area contributed by atoms with Crippen LogP contribution in [0.2, 0.25) is 0 Å². The van der Waals surface area contributed by atoms with Gasteiger partial charge in [0.15, 0.2) is 0 Å². The first-order valence-electron chi connectivity index (χ1n) is 6.50. The minimum atomic E-state index is -4.53. The number of alkyl halides is 3. The standard InChI is InChI=1S/C14H11F3N2O4S/c15-14(16,17)11-4-1-3-10(7-11)9-18-24(22,23)13-6-2-5-12(8-13)19(20)21/h1-8,18H,9H2. The SMILES string of the molecule is O=[N+]([O-])c1cccc(S(=O)(=O)NCc2cccc(C(F)(F)F)c2)c1. The number of hydrogen-bond donors (Lipinski definition) is 1. The molecule has 0 atom stereocenters. The van der Waals surface area contributed by atoms with Gasteiger partial charge in [-0.05, 0) is 17.7 Å². The average molecular weight is 360 g/mol. The predicted molar refractivity (Wildman–Crippen MR) is 78.6 cm³/mol. The van der Waals surface area contributed by atoms with E-state index in [1.54, 1.807) is 0 Å². The zero-order chi connectivity index (χ0) is 18.0. The van der Waals surface area contributed by atoms with Crippen molar-refractivity contribution in [3.8, 4) is 0 Å². The molecule has 0 saturated heterocycles. The molecule has 0 amide bonds. The Labute approximate surface area is 135 Å². The van der Waals surface area contributed by atoms with E-state index in [4.69, 9.17) is 0 Å². The number of rotatable bonds is 5. The molecule has 10 heteroatoms. The maximum Gasteiger partial charge on any atom is 0.416 e. The van der Waals surface area contributed by atoms with Crippen molar-refractivity contribution < 1.29 is 26.5 Å². The van der Waals surface area contributed by atoms with Gasteiger partial charge in [0.25, 0.3) is 5.69 Å². The van der Waals surface area contributed by atoms with E-state index >= 15 is 0 Å². The Morgan fingerprint density at radius 3 is 2.38 bits per heavy atom. The molecule has 0 radical (unpaired) electrons. The summed E-state index contributed by atoms with van der Waals surface area (Å²) in [6, 6.07) is 8.57. The molecule has 0 fully saturated rings. The molecule has 0 bridgehead atoms. The summed E-state index contributed by atoms with van der Waals surface area (Å²) in [6.07, 6.45) is -4.53. The third-order valence-electron chi connectivity index (χ3n) is 3.06. The van der Waals surface area contributed by atoms with Crippen molar-refractivity contribution in [1.82, 2.24) is 4.72 Å². The minimum absolute atomic E-state index is 0.110. The molecular formula is C14H11F3N2O4S. The van der Waals surface area contributed by atoms with Gasteiger partial charge in [0.05, 0.1) is 15.4 Å². The normalized spacial score (nSPS) is 12.1. The van der Waals surface area contributed by atoms with Crippen LogP contribution in [0.5, 0.6) is 0 Å². The summed E-state index contributed by atoms with van der Waals surface area (Å²) in [7, 11) is -4.10. The lowest BCUT2D eigenvalue weighted by atomic mass is 10.1. The van der Waals surface area contributed by atoms with Crippen molar-refractivity contribution in [1.29, 1.82) is 0 Å². The lowest BCUT2D eigenvalue weighted by Crippen LogP contribution is -2.23. The number of nitro groups is 1. The quantitative estimate of drug-likeness (QED) is 0.655. The number of hydrogen-bond acceptors (Lipinski definition) is 4. The van der Waals surface area contributed by atoms with Gasteiger partial charge in [-0.15, -0.1) is 0 Å². The Hall–Kier alpha value is -2.46. The van der Waals surface area contributed by atoms with Gasteiger partial charge in [-0.25, -0.2) is 13.1 Å². The van der Waals surface area contributed by atoms with Gasteiger partial charge >= 0.3 is 6.18 Å². The van der Waals surface area contributed by atoms with Crippen LogP contribution in [0.25, 0.3) is 0 Å². The van der Waals surface area contributed by atoms with Crippen molar-refractivity contribution >= 4 is 15.7 Å². The molecule has 0 unspecified atom stereocenters. The van der Waals surface area contributed by atoms with Crippen LogP contribution >= 0.6 is 0 Å². The Balaban J connectivity index is 2.19. The average Bonchev–Trinajstić information content (AvgIpc) is 2.52. The van der Waals surface area contributed by atoms with Crippen molar-refractivity contribution in [2.75, 3.05) is 0 Å². The number of non-ortho nitro benzene ring substituents is 1. The molecule has 2 aromatic carbocycles. The van der Waals surface area contributed by atoms with Crippen molar-refractivity contribution in [2.45, 2.75) is 17.6 Å². The highest BCUT2D eigenvalue weighted by Gasteiger charge is 2.30. The van der Waals surface area contributed by atoms with E-state index in [-0.39, 0.29) is 17.0 Å². The summed E-state index contributed by atoms with van der Waals surface area (Å²) < 4.78 is 64.2. The molecule has 2 aromatic rings.